The number of hydrogen-bond donors (Lipinski definition) is 0. The van der Waals surface area contributed by atoms with Gasteiger partial charge in [-0.2, -0.15) is 0 Å². The summed E-state index contributed by atoms with van der Waals surface area (Å²) in [6.07, 6.45) is 0. The molecule has 0 N–H and O–H groups in total. The summed E-state index contributed by atoms with van der Waals surface area (Å²) in [4.78, 5) is 0. The van der Waals surface area contributed by atoms with Gasteiger partial charge in [0.2, 0.25) is 0 Å². The maximum atomic E-state index is 2.41. The second kappa shape index (κ2) is 11.4. The van der Waals surface area contributed by atoms with Gasteiger partial charge >= 0.3 is 0 Å². The molecule has 2 aliphatic rings. The number of fused-ring (bicyclic) bond motifs is 10. The Bertz CT molecular complexity index is 2490. The van der Waals surface area contributed by atoms with Crippen LogP contribution in [0.3, 0.4) is 0 Å². The molecule has 0 heteroatoms. The summed E-state index contributed by atoms with van der Waals surface area (Å²) in [7, 11) is 0. The number of benzene rings is 8. The van der Waals surface area contributed by atoms with E-state index in [1.165, 1.54) is 83.5 Å². The van der Waals surface area contributed by atoms with Gasteiger partial charge in [0.25, 0.3) is 0 Å². The molecule has 0 nitrogen and oxygen atoms in total. The largest absolute Gasteiger partial charge is 0.0725 e. The topological polar surface area (TPSA) is 0 Å². The molecule has 234 valence electrons. The SMILES string of the molecule is c1ccc(-c2cccc(C(c3ccccc3-c3ccccc3)c3cccc4c3-c3ccccc3C43c4ccccc4-c4ccccc43)c2)cc1. The van der Waals surface area contributed by atoms with Crippen LogP contribution in [-0.2, 0) is 5.41 Å². The third-order valence-corrected chi connectivity index (χ3v) is 11.0. The number of hydrogen-bond acceptors (Lipinski definition) is 0. The minimum Gasteiger partial charge on any atom is -0.0622 e. The van der Waals surface area contributed by atoms with Crippen molar-refractivity contribution in [2.75, 3.05) is 0 Å². The van der Waals surface area contributed by atoms with Crippen molar-refractivity contribution in [1.82, 2.24) is 0 Å². The van der Waals surface area contributed by atoms with Gasteiger partial charge in [-0.15, -0.1) is 0 Å². The Balaban J connectivity index is 1.30. The fourth-order valence-corrected chi connectivity index (χ4v) is 9.10. The molecule has 1 atom stereocenters. The van der Waals surface area contributed by atoms with Crippen LogP contribution in [0.15, 0.2) is 200 Å². The normalized spacial score (nSPS) is 13.7. The molecule has 50 heavy (non-hydrogen) atoms. The molecular weight excluding hydrogens is 601 g/mol. The highest BCUT2D eigenvalue weighted by Crippen LogP contribution is 2.64. The molecule has 0 radical (unpaired) electrons. The standard InChI is InChI=1S/C50H34/c1-3-17-34(18-4-1)36-21-15-22-37(33-36)48(41-26-8-7-23-38(41)35-19-5-2-6-20-35)43-28-16-32-47-49(43)42-27-11-14-31-46(42)50(47)44-29-12-9-24-39(44)40-25-10-13-30-45(40)50/h1-33,48H. The first-order valence-electron chi connectivity index (χ1n) is 17.6. The summed E-state index contributed by atoms with van der Waals surface area (Å²) in [5.41, 5.74) is 19.3. The van der Waals surface area contributed by atoms with Crippen LogP contribution in [0.5, 0.6) is 0 Å². The van der Waals surface area contributed by atoms with E-state index >= 15 is 0 Å². The molecule has 8 aromatic carbocycles. The lowest BCUT2D eigenvalue weighted by Crippen LogP contribution is -2.25. The van der Waals surface area contributed by atoms with E-state index in [-0.39, 0.29) is 11.3 Å². The predicted molar refractivity (Wildman–Crippen MR) is 207 cm³/mol. The second-order valence-corrected chi connectivity index (χ2v) is 13.5. The van der Waals surface area contributed by atoms with Crippen molar-refractivity contribution >= 4 is 0 Å². The Morgan fingerprint density at radius 2 is 0.760 bits per heavy atom. The van der Waals surface area contributed by atoms with Crippen molar-refractivity contribution in [3.05, 3.63) is 239 Å². The maximum absolute atomic E-state index is 2.41. The highest BCUT2D eigenvalue weighted by Gasteiger charge is 2.52. The highest BCUT2D eigenvalue weighted by atomic mass is 14.5. The van der Waals surface area contributed by atoms with Gasteiger partial charge in [0, 0.05) is 5.92 Å². The quantitative estimate of drug-likeness (QED) is 0.165. The van der Waals surface area contributed by atoms with Crippen LogP contribution < -0.4 is 0 Å². The van der Waals surface area contributed by atoms with Gasteiger partial charge in [-0.25, -0.2) is 0 Å². The first-order chi connectivity index (χ1) is 24.8. The van der Waals surface area contributed by atoms with Gasteiger partial charge in [-0.05, 0) is 83.5 Å². The van der Waals surface area contributed by atoms with Crippen molar-refractivity contribution in [1.29, 1.82) is 0 Å². The van der Waals surface area contributed by atoms with Gasteiger partial charge < -0.3 is 0 Å². The monoisotopic (exact) mass is 634 g/mol. The summed E-state index contributed by atoms with van der Waals surface area (Å²) < 4.78 is 0. The Labute approximate surface area is 294 Å². The summed E-state index contributed by atoms with van der Waals surface area (Å²) in [5, 5.41) is 0. The van der Waals surface area contributed by atoms with Gasteiger partial charge in [0.15, 0.2) is 0 Å². The molecule has 0 fully saturated rings. The molecule has 0 saturated heterocycles. The molecule has 0 heterocycles. The van der Waals surface area contributed by atoms with Crippen LogP contribution in [0.4, 0.5) is 0 Å². The van der Waals surface area contributed by atoms with Crippen LogP contribution in [0.1, 0.15) is 44.9 Å². The molecule has 0 aromatic heterocycles. The predicted octanol–water partition coefficient (Wildman–Crippen LogP) is 12.5. The zero-order valence-electron chi connectivity index (χ0n) is 27.6. The molecule has 0 saturated carbocycles. The molecule has 0 amide bonds. The van der Waals surface area contributed by atoms with Crippen LogP contribution in [-0.4, -0.2) is 0 Å². The van der Waals surface area contributed by atoms with Crippen molar-refractivity contribution in [3.8, 4) is 44.5 Å². The van der Waals surface area contributed by atoms with Crippen molar-refractivity contribution in [2.45, 2.75) is 11.3 Å². The van der Waals surface area contributed by atoms with E-state index in [9.17, 15) is 0 Å². The van der Waals surface area contributed by atoms with E-state index < -0.39 is 0 Å². The van der Waals surface area contributed by atoms with E-state index in [4.69, 9.17) is 0 Å². The lowest BCUT2D eigenvalue weighted by molar-refractivity contribution is 0.792. The molecule has 8 aromatic rings. The van der Waals surface area contributed by atoms with Gasteiger partial charge in [0.05, 0.1) is 5.41 Å². The highest BCUT2D eigenvalue weighted by molar-refractivity contribution is 5.96. The van der Waals surface area contributed by atoms with E-state index in [0.29, 0.717) is 0 Å². The summed E-state index contributed by atoms with van der Waals surface area (Å²) >= 11 is 0. The zero-order valence-corrected chi connectivity index (χ0v) is 27.6. The Morgan fingerprint density at radius 1 is 0.300 bits per heavy atom. The van der Waals surface area contributed by atoms with Gasteiger partial charge in [-0.1, -0.05) is 200 Å². The van der Waals surface area contributed by atoms with E-state index in [1.807, 2.05) is 0 Å². The molecule has 0 aliphatic heterocycles. The van der Waals surface area contributed by atoms with Crippen LogP contribution in [0, 0.1) is 0 Å². The third-order valence-electron chi connectivity index (χ3n) is 11.0. The van der Waals surface area contributed by atoms with Crippen molar-refractivity contribution in [2.24, 2.45) is 0 Å². The smallest absolute Gasteiger partial charge is 0.0622 e. The average Bonchev–Trinajstić information content (AvgIpc) is 3.67. The lowest BCUT2D eigenvalue weighted by Gasteiger charge is -2.31. The van der Waals surface area contributed by atoms with E-state index in [0.717, 1.165) is 0 Å². The van der Waals surface area contributed by atoms with Crippen LogP contribution >= 0.6 is 0 Å². The zero-order chi connectivity index (χ0) is 33.1. The van der Waals surface area contributed by atoms with E-state index in [2.05, 4.69) is 200 Å². The Hall–Kier alpha value is -6.24. The summed E-state index contributed by atoms with van der Waals surface area (Å²) in [6, 6.07) is 74.3. The van der Waals surface area contributed by atoms with Gasteiger partial charge in [-0.3, -0.25) is 0 Å². The first kappa shape index (κ1) is 28.7. The van der Waals surface area contributed by atoms with E-state index in [1.54, 1.807) is 0 Å². The van der Waals surface area contributed by atoms with Crippen LogP contribution in [0.2, 0.25) is 0 Å². The summed E-state index contributed by atoms with van der Waals surface area (Å²) in [5.74, 6) is -0.0138. The first-order valence-corrected chi connectivity index (χ1v) is 17.6. The molecule has 1 unspecified atom stereocenters. The Kier molecular flexibility index (Phi) is 6.57. The molecule has 2 aliphatic carbocycles. The molecular formula is C50H34. The maximum Gasteiger partial charge on any atom is 0.0725 e. The molecule has 10 rings (SSSR count). The number of rotatable bonds is 5. The Morgan fingerprint density at radius 3 is 1.44 bits per heavy atom. The minimum absolute atomic E-state index is 0.0138. The second-order valence-electron chi connectivity index (χ2n) is 13.5. The minimum atomic E-state index is -0.384. The van der Waals surface area contributed by atoms with Crippen molar-refractivity contribution < 1.29 is 0 Å². The molecule has 0 bridgehead atoms. The van der Waals surface area contributed by atoms with Crippen molar-refractivity contribution in [3.63, 3.8) is 0 Å². The summed E-state index contributed by atoms with van der Waals surface area (Å²) in [6.45, 7) is 0. The van der Waals surface area contributed by atoms with Crippen LogP contribution in [0.25, 0.3) is 44.5 Å². The fourth-order valence-electron chi connectivity index (χ4n) is 9.10. The van der Waals surface area contributed by atoms with Gasteiger partial charge in [0.1, 0.15) is 0 Å². The lowest BCUT2D eigenvalue weighted by atomic mass is 9.70. The average molecular weight is 635 g/mol. The molecule has 1 spiro atoms. The third kappa shape index (κ3) is 4.12. The fraction of sp³-hybridized carbons (Fsp3) is 0.0400.